The molecule has 0 aromatic heterocycles. The van der Waals surface area contributed by atoms with Crippen molar-refractivity contribution in [3.8, 4) is 0 Å². The minimum absolute atomic E-state index is 0. The fourth-order valence-corrected chi connectivity index (χ4v) is 5.69. The van der Waals surface area contributed by atoms with Crippen LogP contribution in [0.3, 0.4) is 0 Å². The Morgan fingerprint density at radius 1 is 1.23 bits per heavy atom. The lowest BCUT2D eigenvalue weighted by atomic mass is 10.0. The predicted molar refractivity (Wildman–Crippen MR) is 130 cm³/mol. The van der Waals surface area contributed by atoms with Gasteiger partial charge in [-0.3, -0.25) is 0 Å². The summed E-state index contributed by atoms with van der Waals surface area (Å²) in [7, 11) is -0.842. The lowest BCUT2D eigenvalue weighted by molar-refractivity contribution is -0.0477. The van der Waals surface area contributed by atoms with E-state index in [1.54, 1.807) is 6.07 Å². The molecule has 0 bridgehead atoms. The molecule has 1 N–H and O–H groups in total. The molecule has 164 valence electrons. The molecular formula is C20H25BrClN3O3S2. The molecule has 3 rings (SSSR count). The zero-order chi connectivity index (χ0) is 21.2. The fraction of sp³-hybridized carbons (Fsp3) is 0.350. The van der Waals surface area contributed by atoms with Crippen molar-refractivity contribution < 1.29 is 13.5 Å². The summed E-state index contributed by atoms with van der Waals surface area (Å²) in [5.74, 6) is 0.335. The highest BCUT2D eigenvalue weighted by Crippen LogP contribution is 2.41. The number of nitrogens with zero attached hydrogens (tertiary/aromatic N) is 3. The summed E-state index contributed by atoms with van der Waals surface area (Å²) in [5, 5.41) is 12.4. The summed E-state index contributed by atoms with van der Waals surface area (Å²) < 4.78 is 26.4. The molecule has 1 atom stereocenters. The Morgan fingerprint density at radius 2 is 1.90 bits per heavy atom. The van der Waals surface area contributed by atoms with Crippen LogP contribution in [0, 0.1) is 0 Å². The largest absolute Gasteiger partial charge is 0.366 e. The summed E-state index contributed by atoms with van der Waals surface area (Å²) in [4.78, 5) is 6.50. The first-order valence-electron chi connectivity index (χ1n) is 9.19. The van der Waals surface area contributed by atoms with Crippen LogP contribution in [-0.2, 0) is 15.7 Å². The molecule has 2 aromatic rings. The van der Waals surface area contributed by atoms with E-state index in [0.717, 1.165) is 16.4 Å². The van der Waals surface area contributed by atoms with Crippen molar-refractivity contribution in [2.75, 3.05) is 26.4 Å². The third kappa shape index (κ3) is 4.87. The molecule has 1 aliphatic heterocycles. The molecular weight excluding hydrogens is 510 g/mol. The lowest BCUT2D eigenvalue weighted by Crippen LogP contribution is -2.45. The molecule has 1 aliphatic rings. The number of benzene rings is 2. The maximum absolute atomic E-state index is 12.7. The van der Waals surface area contributed by atoms with E-state index in [4.69, 9.17) is 11.6 Å². The van der Waals surface area contributed by atoms with E-state index < -0.39 is 15.7 Å². The van der Waals surface area contributed by atoms with Crippen LogP contribution in [0.15, 0.2) is 58.4 Å². The van der Waals surface area contributed by atoms with Crippen molar-refractivity contribution in [2.24, 2.45) is 4.99 Å². The molecule has 1 heterocycles. The molecule has 0 amide bonds. The zero-order valence-electron chi connectivity index (χ0n) is 16.9. The van der Waals surface area contributed by atoms with Crippen LogP contribution in [0.2, 0.25) is 5.02 Å². The van der Waals surface area contributed by atoms with E-state index in [2.05, 4.69) is 4.99 Å². The van der Waals surface area contributed by atoms with Crippen molar-refractivity contribution >= 4 is 61.2 Å². The third-order valence-corrected chi connectivity index (χ3v) is 8.07. The Hall–Kier alpha value is -1.10. The normalized spacial score (nSPS) is 20.6. The molecule has 6 nitrogen and oxygen atoms in total. The van der Waals surface area contributed by atoms with Gasteiger partial charge < -0.3 is 10.0 Å². The van der Waals surface area contributed by atoms with E-state index in [9.17, 15) is 13.5 Å². The average molecular weight is 535 g/mol. The van der Waals surface area contributed by atoms with E-state index in [0.29, 0.717) is 23.0 Å². The smallest absolute Gasteiger partial charge is 0.244 e. The molecule has 0 saturated carbocycles. The van der Waals surface area contributed by atoms with E-state index >= 15 is 0 Å². The molecule has 0 spiro atoms. The van der Waals surface area contributed by atoms with Crippen molar-refractivity contribution in [3.63, 3.8) is 0 Å². The number of hydrogen-bond acceptors (Lipinski definition) is 5. The molecule has 2 aromatic carbocycles. The standard InChI is InChI=1S/C20H24ClN3O3S2.BrH/c1-4-12-24-19(22-16-8-6-5-7-9-16)28-14-20(24,25)15-10-11-17(21)18(13-15)29(26,27)23(2)3;/h5-11,13,25H,4,12,14H2,1-3H3;1H/b22-19+;. The fourth-order valence-electron chi connectivity index (χ4n) is 3.08. The number of aliphatic hydroxyl groups is 1. The molecule has 1 fully saturated rings. The first-order chi connectivity index (χ1) is 13.7. The molecule has 1 saturated heterocycles. The Morgan fingerprint density at radius 3 is 2.50 bits per heavy atom. The highest BCUT2D eigenvalue weighted by Gasteiger charge is 2.45. The number of hydrogen-bond donors (Lipinski definition) is 1. The second-order valence-electron chi connectivity index (χ2n) is 6.92. The first-order valence-corrected chi connectivity index (χ1v) is 12.0. The SMILES string of the molecule is Br.CCCN1/C(=N\c2ccccc2)SCC1(O)c1ccc(Cl)c(S(=O)(=O)N(C)C)c1. The van der Waals surface area contributed by atoms with Crippen molar-refractivity contribution in [3.05, 3.63) is 59.1 Å². The van der Waals surface area contributed by atoms with Gasteiger partial charge >= 0.3 is 0 Å². The highest BCUT2D eigenvalue weighted by molar-refractivity contribution is 8.93. The minimum Gasteiger partial charge on any atom is -0.366 e. The van der Waals surface area contributed by atoms with Crippen molar-refractivity contribution in [1.29, 1.82) is 0 Å². The van der Waals surface area contributed by atoms with Crippen LogP contribution in [0.4, 0.5) is 5.69 Å². The topological polar surface area (TPSA) is 73.2 Å². The lowest BCUT2D eigenvalue weighted by Gasteiger charge is -2.34. The molecule has 10 heteroatoms. The monoisotopic (exact) mass is 533 g/mol. The second-order valence-corrected chi connectivity index (χ2v) is 10.4. The van der Waals surface area contributed by atoms with E-state index in [-0.39, 0.29) is 26.9 Å². The number of aliphatic imine (C=N–C) groups is 1. The highest BCUT2D eigenvalue weighted by atomic mass is 79.9. The van der Waals surface area contributed by atoms with Crippen LogP contribution in [0.25, 0.3) is 0 Å². The van der Waals surface area contributed by atoms with Crippen LogP contribution < -0.4 is 0 Å². The average Bonchev–Trinajstić information content (AvgIpc) is 3.00. The Bertz CT molecular complexity index is 1020. The van der Waals surface area contributed by atoms with Gasteiger partial charge in [-0.15, -0.1) is 17.0 Å². The maximum Gasteiger partial charge on any atom is 0.244 e. The Balaban J connectivity index is 0.00000320. The number of para-hydroxylation sites is 1. The summed E-state index contributed by atoms with van der Waals surface area (Å²) in [6.07, 6.45) is 0.799. The summed E-state index contributed by atoms with van der Waals surface area (Å²) in [5.41, 5.74) is -0.107. The summed E-state index contributed by atoms with van der Waals surface area (Å²) in [6.45, 7) is 2.60. The number of amidine groups is 1. The third-order valence-electron chi connectivity index (χ3n) is 4.66. The van der Waals surface area contributed by atoms with Gasteiger partial charge in [-0.05, 0) is 30.7 Å². The quantitative estimate of drug-likeness (QED) is 0.592. The van der Waals surface area contributed by atoms with Gasteiger partial charge in [-0.1, -0.05) is 54.6 Å². The number of thioether (sulfide) groups is 1. The minimum atomic E-state index is -3.74. The molecule has 1 unspecified atom stereocenters. The van der Waals surface area contributed by atoms with Gasteiger partial charge in [0.05, 0.1) is 16.5 Å². The Kier molecular flexibility index (Phi) is 8.40. The van der Waals surface area contributed by atoms with Gasteiger partial charge in [-0.25, -0.2) is 17.7 Å². The van der Waals surface area contributed by atoms with Crippen LogP contribution in [0.1, 0.15) is 18.9 Å². The molecule has 0 aliphatic carbocycles. The molecule has 0 radical (unpaired) electrons. The van der Waals surface area contributed by atoms with E-state index in [1.165, 1.54) is 38.0 Å². The van der Waals surface area contributed by atoms with Gasteiger partial charge in [0.15, 0.2) is 10.9 Å². The Labute approximate surface area is 197 Å². The second kappa shape index (κ2) is 10.0. The predicted octanol–water partition coefficient (Wildman–Crippen LogP) is 4.46. The zero-order valence-corrected chi connectivity index (χ0v) is 21.1. The van der Waals surface area contributed by atoms with Crippen LogP contribution in [-0.4, -0.2) is 54.3 Å². The van der Waals surface area contributed by atoms with Gasteiger partial charge in [0.2, 0.25) is 10.0 Å². The number of rotatable bonds is 6. The number of halogens is 2. The van der Waals surface area contributed by atoms with E-state index in [1.807, 2.05) is 42.2 Å². The van der Waals surface area contributed by atoms with Crippen LogP contribution >= 0.6 is 40.3 Å². The first kappa shape index (κ1) is 25.2. The van der Waals surface area contributed by atoms with Crippen molar-refractivity contribution in [1.82, 2.24) is 9.21 Å². The molecule has 30 heavy (non-hydrogen) atoms. The maximum atomic E-state index is 12.7. The summed E-state index contributed by atoms with van der Waals surface area (Å²) >= 11 is 7.62. The summed E-state index contributed by atoms with van der Waals surface area (Å²) in [6, 6.07) is 14.2. The van der Waals surface area contributed by atoms with Crippen molar-refractivity contribution in [2.45, 2.75) is 24.0 Å². The number of sulfonamides is 1. The van der Waals surface area contributed by atoms with Gasteiger partial charge in [0, 0.05) is 26.2 Å². The van der Waals surface area contributed by atoms with Crippen LogP contribution in [0.5, 0.6) is 0 Å². The van der Waals surface area contributed by atoms with Gasteiger partial charge in [0.25, 0.3) is 0 Å². The van der Waals surface area contributed by atoms with Gasteiger partial charge in [0.1, 0.15) is 4.90 Å². The van der Waals surface area contributed by atoms with Gasteiger partial charge in [-0.2, -0.15) is 0 Å².